The lowest BCUT2D eigenvalue weighted by atomic mass is 10.1. The number of ether oxygens (including phenoxy) is 1. The van der Waals surface area contributed by atoms with Crippen LogP contribution >= 0.6 is 15.9 Å². The molecule has 5 nitrogen and oxygen atoms in total. The first-order valence-corrected chi connectivity index (χ1v) is 8.67. The van der Waals surface area contributed by atoms with Gasteiger partial charge in [0.05, 0.1) is 6.54 Å². The molecule has 3 rings (SSSR count). The van der Waals surface area contributed by atoms with Crippen LogP contribution in [0.25, 0.3) is 0 Å². The summed E-state index contributed by atoms with van der Waals surface area (Å²) in [5, 5.41) is 0. The number of rotatable bonds is 4. The number of hydrogen-bond donors (Lipinski definition) is 0. The van der Waals surface area contributed by atoms with Crippen LogP contribution in [0.1, 0.15) is 16.8 Å². The Morgan fingerprint density at radius 2 is 2.17 bits per heavy atom. The van der Waals surface area contributed by atoms with Crippen LogP contribution in [-0.2, 0) is 0 Å². The van der Waals surface area contributed by atoms with Crippen molar-refractivity contribution in [1.29, 1.82) is 0 Å². The molecule has 24 heavy (non-hydrogen) atoms. The SMILES string of the molecule is CN(C)c1cccc(C(=O)N2CCC(Oc3ccc(Br)cn3)C2)c1. The van der Waals surface area contributed by atoms with Crippen molar-refractivity contribution in [2.75, 3.05) is 32.1 Å². The number of nitrogens with zero attached hydrogens (tertiary/aromatic N) is 3. The zero-order chi connectivity index (χ0) is 17.1. The van der Waals surface area contributed by atoms with E-state index in [2.05, 4.69) is 20.9 Å². The molecule has 0 bridgehead atoms. The summed E-state index contributed by atoms with van der Waals surface area (Å²) in [4.78, 5) is 20.8. The molecule has 0 saturated carbocycles. The minimum Gasteiger partial charge on any atom is -0.472 e. The lowest BCUT2D eigenvalue weighted by molar-refractivity contribution is 0.0771. The second-order valence-electron chi connectivity index (χ2n) is 6.04. The van der Waals surface area contributed by atoms with Gasteiger partial charge in [0, 0.05) is 55.0 Å². The second kappa shape index (κ2) is 7.21. The van der Waals surface area contributed by atoms with E-state index in [0.29, 0.717) is 24.5 Å². The molecular formula is C18H20BrN3O2. The number of halogens is 1. The molecule has 6 heteroatoms. The second-order valence-corrected chi connectivity index (χ2v) is 6.95. The Kier molecular flexibility index (Phi) is 5.04. The smallest absolute Gasteiger partial charge is 0.254 e. The number of pyridine rings is 1. The third-order valence-corrected chi connectivity index (χ3v) is 4.50. The monoisotopic (exact) mass is 389 g/mol. The molecule has 0 aliphatic carbocycles. The van der Waals surface area contributed by atoms with Crippen LogP contribution in [-0.4, -0.2) is 49.1 Å². The van der Waals surface area contributed by atoms with Crippen LogP contribution in [0, 0.1) is 0 Å². The molecule has 0 spiro atoms. The summed E-state index contributed by atoms with van der Waals surface area (Å²) in [5.74, 6) is 0.640. The normalized spacial score (nSPS) is 17.0. The van der Waals surface area contributed by atoms with Crippen molar-refractivity contribution < 1.29 is 9.53 Å². The number of amides is 1. The predicted molar refractivity (Wildman–Crippen MR) is 97.6 cm³/mol. The molecule has 1 amide bonds. The molecule has 1 saturated heterocycles. The Morgan fingerprint density at radius 3 is 2.88 bits per heavy atom. The lowest BCUT2D eigenvalue weighted by Crippen LogP contribution is -2.31. The average molecular weight is 390 g/mol. The Morgan fingerprint density at radius 1 is 1.33 bits per heavy atom. The fourth-order valence-corrected chi connectivity index (χ4v) is 2.95. The molecule has 1 aliphatic heterocycles. The highest BCUT2D eigenvalue weighted by molar-refractivity contribution is 9.10. The number of carbonyl (C=O) groups excluding carboxylic acids is 1. The van der Waals surface area contributed by atoms with Gasteiger partial charge in [-0.15, -0.1) is 0 Å². The van der Waals surface area contributed by atoms with Crippen molar-refractivity contribution in [2.45, 2.75) is 12.5 Å². The van der Waals surface area contributed by atoms with Crippen LogP contribution in [0.4, 0.5) is 5.69 Å². The van der Waals surface area contributed by atoms with Gasteiger partial charge in [0.1, 0.15) is 6.10 Å². The van der Waals surface area contributed by atoms with Crippen molar-refractivity contribution in [1.82, 2.24) is 9.88 Å². The fourth-order valence-electron chi connectivity index (χ4n) is 2.71. The van der Waals surface area contributed by atoms with Gasteiger partial charge >= 0.3 is 0 Å². The van der Waals surface area contributed by atoms with E-state index in [4.69, 9.17) is 4.74 Å². The Hall–Kier alpha value is -2.08. The quantitative estimate of drug-likeness (QED) is 0.805. The van der Waals surface area contributed by atoms with Gasteiger partial charge in [-0.25, -0.2) is 4.98 Å². The van der Waals surface area contributed by atoms with Gasteiger partial charge in [0.2, 0.25) is 5.88 Å². The van der Waals surface area contributed by atoms with Gasteiger partial charge < -0.3 is 14.5 Å². The minimum atomic E-state index is -0.0142. The average Bonchev–Trinajstić information content (AvgIpc) is 3.05. The van der Waals surface area contributed by atoms with E-state index in [1.54, 1.807) is 6.20 Å². The van der Waals surface area contributed by atoms with Gasteiger partial charge in [-0.2, -0.15) is 0 Å². The zero-order valence-electron chi connectivity index (χ0n) is 13.8. The molecule has 0 N–H and O–H groups in total. The molecule has 1 unspecified atom stereocenters. The van der Waals surface area contributed by atoms with E-state index in [0.717, 1.165) is 16.6 Å². The Labute approximate surface area is 150 Å². The van der Waals surface area contributed by atoms with Crippen LogP contribution < -0.4 is 9.64 Å². The fraction of sp³-hybridized carbons (Fsp3) is 0.333. The predicted octanol–water partition coefficient (Wildman–Crippen LogP) is 3.20. The highest BCUT2D eigenvalue weighted by Crippen LogP contribution is 2.21. The van der Waals surface area contributed by atoms with Crippen molar-refractivity contribution in [3.05, 3.63) is 52.6 Å². The van der Waals surface area contributed by atoms with Gasteiger partial charge in [-0.1, -0.05) is 6.07 Å². The first kappa shape index (κ1) is 16.8. The summed E-state index contributed by atoms with van der Waals surface area (Å²) in [5.41, 5.74) is 1.73. The number of aromatic nitrogens is 1. The van der Waals surface area contributed by atoms with E-state index in [1.165, 1.54) is 0 Å². The molecule has 1 fully saturated rings. The number of likely N-dealkylation sites (tertiary alicyclic amines) is 1. The highest BCUT2D eigenvalue weighted by atomic mass is 79.9. The van der Waals surface area contributed by atoms with E-state index in [-0.39, 0.29) is 12.0 Å². The van der Waals surface area contributed by atoms with Crippen LogP contribution in [0.2, 0.25) is 0 Å². The third kappa shape index (κ3) is 3.87. The first-order chi connectivity index (χ1) is 11.5. The molecule has 2 heterocycles. The van der Waals surface area contributed by atoms with E-state index in [1.807, 2.05) is 60.3 Å². The summed E-state index contributed by atoms with van der Waals surface area (Å²) < 4.78 is 6.79. The Bertz CT molecular complexity index is 718. The van der Waals surface area contributed by atoms with E-state index < -0.39 is 0 Å². The van der Waals surface area contributed by atoms with Crippen LogP contribution in [0.3, 0.4) is 0 Å². The van der Waals surface area contributed by atoms with Crippen molar-refractivity contribution in [3.63, 3.8) is 0 Å². The largest absolute Gasteiger partial charge is 0.472 e. The highest BCUT2D eigenvalue weighted by Gasteiger charge is 2.28. The summed E-state index contributed by atoms with van der Waals surface area (Å²) in [7, 11) is 3.93. The van der Waals surface area contributed by atoms with Crippen molar-refractivity contribution in [3.8, 4) is 5.88 Å². The van der Waals surface area contributed by atoms with Gasteiger partial charge in [-0.3, -0.25) is 4.79 Å². The van der Waals surface area contributed by atoms with E-state index in [9.17, 15) is 4.79 Å². The van der Waals surface area contributed by atoms with Crippen molar-refractivity contribution in [2.24, 2.45) is 0 Å². The zero-order valence-corrected chi connectivity index (χ0v) is 15.4. The molecule has 2 aromatic rings. The molecule has 1 aliphatic rings. The summed E-state index contributed by atoms with van der Waals surface area (Å²) >= 11 is 3.35. The maximum absolute atomic E-state index is 12.7. The molecule has 1 atom stereocenters. The first-order valence-electron chi connectivity index (χ1n) is 7.88. The van der Waals surface area contributed by atoms with Gasteiger partial charge in [-0.05, 0) is 40.2 Å². The molecule has 126 valence electrons. The molecule has 0 radical (unpaired) electrons. The molecule has 1 aromatic heterocycles. The maximum atomic E-state index is 12.7. The summed E-state index contributed by atoms with van der Waals surface area (Å²) in [6.45, 7) is 1.29. The van der Waals surface area contributed by atoms with E-state index >= 15 is 0 Å². The van der Waals surface area contributed by atoms with Crippen LogP contribution in [0.15, 0.2) is 47.1 Å². The third-order valence-electron chi connectivity index (χ3n) is 4.03. The minimum absolute atomic E-state index is 0.0142. The number of carbonyl (C=O) groups is 1. The summed E-state index contributed by atoms with van der Waals surface area (Å²) in [6, 6.07) is 11.4. The number of benzene rings is 1. The van der Waals surface area contributed by atoms with Gasteiger partial charge in [0.25, 0.3) is 5.91 Å². The molecule has 1 aromatic carbocycles. The maximum Gasteiger partial charge on any atom is 0.254 e. The van der Waals surface area contributed by atoms with Gasteiger partial charge in [0.15, 0.2) is 0 Å². The molecular weight excluding hydrogens is 370 g/mol. The lowest BCUT2D eigenvalue weighted by Gasteiger charge is -2.18. The number of anilines is 1. The summed E-state index contributed by atoms with van der Waals surface area (Å²) in [6.07, 6.45) is 2.51. The Balaban J connectivity index is 1.63. The topological polar surface area (TPSA) is 45.7 Å². The van der Waals surface area contributed by atoms with Crippen molar-refractivity contribution >= 4 is 27.5 Å². The van der Waals surface area contributed by atoms with Crippen LogP contribution in [0.5, 0.6) is 5.88 Å². The standard InChI is InChI=1S/C18H20BrN3O2/c1-21(2)15-5-3-4-13(10-15)18(23)22-9-8-16(12-22)24-17-7-6-14(19)11-20-17/h3-7,10-11,16H,8-9,12H2,1-2H3. The number of hydrogen-bond acceptors (Lipinski definition) is 4.